The van der Waals surface area contributed by atoms with E-state index in [9.17, 15) is 4.79 Å². The second-order valence-electron chi connectivity index (χ2n) is 5.77. The van der Waals surface area contributed by atoms with Crippen LogP contribution < -0.4 is 10.1 Å². The van der Waals surface area contributed by atoms with E-state index >= 15 is 0 Å². The number of fused-ring (bicyclic) bond motifs is 1. The first-order valence-electron chi connectivity index (χ1n) is 7.14. The fourth-order valence-corrected chi connectivity index (χ4v) is 4.66. The Morgan fingerprint density at radius 1 is 1.37 bits per heavy atom. The van der Waals surface area contributed by atoms with E-state index in [1.165, 1.54) is 37.0 Å². The molecule has 2 fully saturated rings. The van der Waals surface area contributed by atoms with Crippen molar-refractivity contribution in [3.8, 4) is 5.75 Å². The third kappa shape index (κ3) is 2.38. The Morgan fingerprint density at radius 3 is 3.00 bits per heavy atom. The van der Waals surface area contributed by atoms with Crippen molar-refractivity contribution in [3.05, 3.63) is 15.8 Å². The fourth-order valence-electron chi connectivity index (χ4n) is 3.78. The van der Waals surface area contributed by atoms with Crippen LogP contribution in [-0.2, 0) is 0 Å². The van der Waals surface area contributed by atoms with Gasteiger partial charge >= 0.3 is 0 Å². The minimum Gasteiger partial charge on any atom is -0.495 e. The van der Waals surface area contributed by atoms with Gasteiger partial charge < -0.3 is 10.1 Å². The molecule has 1 heterocycles. The van der Waals surface area contributed by atoms with E-state index in [0.29, 0.717) is 11.8 Å². The SMILES string of the molecule is COc1cc(C)sc1C(=O)N[C@H]1CC[C@@H]2CCC[C@@H]21. The van der Waals surface area contributed by atoms with Gasteiger partial charge in [-0.15, -0.1) is 11.3 Å². The largest absolute Gasteiger partial charge is 0.495 e. The lowest BCUT2D eigenvalue weighted by Gasteiger charge is -2.19. The third-order valence-corrected chi connectivity index (χ3v) is 5.68. The number of carbonyl (C=O) groups is 1. The van der Waals surface area contributed by atoms with Crippen molar-refractivity contribution in [2.75, 3.05) is 7.11 Å². The van der Waals surface area contributed by atoms with Crippen molar-refractivity contribution in [2.45, 2.75) is 45.1 Å². The Morgan fingerprint density at radius 2 is 2.21 bits per heavy atom. The maximum absolute atomic E-state index is 12.4. The molecule has 2 saturated carbocycles. The highest BCUT2D eigenvalue weighted by Crippen LogP contribution is 2.44. The Bertz CT molecular complexity index is 482. The van der Waals surface area contributed by atoms with Crippen LogP contribution in [0.4, 0.5) is 0 Å². The predicted octanol–water partition coefficient (Wildman–Crippen LogP) is 3.37. The first-order chi connectivity index (χ1) is 9.19. The first kappa shape index (κ1) is 13.0. The Balaban J connectivity index is 1.71. The van der Waals surface area contributed by atoms with Crippen LogP contribution in [0.3, 0.4) is 0 Å². The molecule has 0 unspecified atom stereocenters. The van der Waals surface area contributed by atoms with Crippen LogP contribution in [0.5, 0.6) is 5.75 Å². The third-order valence-electron chi connectivity index (χ3n) is 4.65. The van der Waals surface area contributed by atoms with Crippen molar-refractivity contribution in [1.82, 2.24) is 5.32 Å². The molecule has 0 aliphatic heterocycles. The average molecular weight is 279 g/mol. The predicted molar refractivity (Wildman–Crippen MR) is 76.9 cm³/mol. The maximum Gasteiger partial charge on any atom is 0.265 e. The second kappa shape index (κ2) is 5.16. The summed E-state index contributed by atoms with van der Waals surface area (Å²) in [5.41, 5.74) is 0. The highest BCUT2D eigenvalue weighted by molar-refractivity contribution is 7.14. The van der Waals surface area contributed by atoms with Crippen LogP contribution >= 0.6 is 11.3 Å². The molecular weight excluding hydrogens is 258 g/mol. The number of thiophene rings is 1. The number of hydrogen-bond acceptors (Lipinski definition) is 3. The summed E-state index contributed by atoms with van der Waals surface area (Å²) in [4.78, 5) is 14.2. The lowest BCUT2D eigenvalue weighted by molar-refractivity contribution is 0.0928. The second-order valence-corrected chi connectivity index (χ2v) is 7.02. The molecule has 1 N–H and O–H groups in total. The topological polar surface area (TPSA) is 38.3 Å². The summed E-state index contributed by atoms with van der Waals surface area (Å²) in [5, 5.41) is 3.25. The molecule has 3 nitrogen and oxygen atoms in total. The summed E-state index contributed by atoms with van der Waals surface area (Å²) in [6.45, 7) is 2.01. The summed E-state index contributed by atoms with van der Waals surface area (Å²) in [5.74, 6) is 2.33. The number of rotatable bonds is 3. The molecule has 0 radical (unpaired) electrons. The lowest BCUT2D eigenvalue weighted by Crippen LogP contribution is -2.37. The molecule has 2 aliphatic rings. The number of methoxy groups -OCH3 is 1. The summed E-state index contributed by atoms with van der Waals surface area (Å²) in [6.07, 6.45) is 6.42. The molecule has 19 heavy (non-hydrogen) atoms. The van der Waals surface area contributed by atoms with Gasteiger partial charge in [0.25, 0.3) is 5.91 Å². The van der Waals surface area contributed by atoms with E-state index in [0.717, 1.165) is 28.0 Å². The van der Waals surface area contributed by atoms with Gasteiger partial charge in [-0.3, -0.25) is 4.79 Å². The zero-order chi connectivity index (χ0) is 13.4. The van der Waals surface area contributed by atoms with Gasteiger partial charge in [0.1, 0.15) is 10.6 Å². The van der Waals surface area contributed by atoms with E-state index in [1.807, 2.05) is 13.0 Å². The van der Waals surface area contributed by atoms with Crippen LogP contribution in [0.1, 0.15) is 46.7 Å². The van der Waals surface area contributed by atoms with E-state index in [-0.39, 0.29) is 5.91 Å². The van der Waals surface area contributed by atoms with Crippen molar-refractivity contribution in [2.24, 2.45) is 11.8 Å². The van der Waals surface area contributed by atoms with Gasteiger partial charge in [0.05, 0.1) is 7.11 Å². The van der Waals surface area contributed by atoms with E-state index in [2.05, 4.69) is 5.32 Å². The molecule has 4 heteroatoms. The number of carbonyl (C=O) groups excluding carboxylic acids is 1. The Hall–Kier alpha value is -1.03. The lowest BCUT2D eigenvalue weighted by atomic mass is 9.97. The van der Waals surface area contributed by atoms with Crippen molar-refractivity contribution >= 4 is 17.2 Å². The molecule has 0 saturated heterocycles. The summed E-state index contributed by atoms with van der Waals surface area (Å²) in [7, 11) is 1.63. The van der Waals surface area contributed by atoms with Crippen molar-refractivity contribution in [3.63, 3.8) is 0 Å². The molecule has 2 aliphatic carbocycles. The summed E-state index contributed by atoms with van der Waals surface area (Å²) in [6, 6.07) is 2.32. The maximum atomic E-state index is 12.4. The first-order valence-corrected chi connectivity index (χ1v) is 7.96. The zero-order valence-electron chi connectivity index (χ0n) is 11.6. The molecule has 1 aromatic rings. The minimum atomic E-state index is 0.0486. The highest BCUT2D eigenvalue weighted by Gasteiger charge is 2.40. The summed E-state index contributed by atoms with van der Waals surface area (Å²) < 4.78 is 5.29. The van der Waals surface area contributed by atoms with Crippen molar-refractivity contribution in [1.29, 1.82) is 0 Å². The Labute approximate surface area is 118 Å². The quantitative estimate of drug-likeness (QED) is 0.921. The number of ether oxygens (including phenoxy) is 1. The number of nitrogens with one attached hydrogen (secondary N) is 1. The molecule has 1 amide bonds. The molecular formula is C15H21NO2S. The van der Waals surface area contributed by atoms with Gasteiger partial charge in [-0.05, 0) is 44.1 Å². The fraction of sp³-hybridized carbons (Fsp3) is 0.667. The van der Waals surface area contributed by atoms with E-state index in [1.54, 1.807) is 7.11 Å². The van der Waals surface area contributed by atoms with Gasteiger partial charge in [0.2, 0.25) is 0 Å². The van der Waals surface area contributed by atoms with Gasteiger partial charge in [-0.25, -0.2) is 0 Å². The van der Waals surface area contributed by atoms with Crippen LogP contribution in [-0.4, -0.2) is 19.1 Å². The number of aryl methyl sites for hydroxylation is 1. The zero-order valence-corrected chi connectivity index (χ0v) is 12.4. The van der Waals surface area contributed by atoms with Crippen LogP contribution in [0.25, 0.3) is 0 Å². The Kier molecular flexibility index (Phi) is 3.52. The molecule has 0 spiro atoms. The molecule has 0 bridgehead atoms. The molecule has 104 valence electrons. The standard InChI is InChI=1S/C15H21NO2S/c1-9-8-13(18-2)14(19-9)15(17)16-12-7-6-10-4-3-5-11(10)12/h8,10-12H,3-7H2,1-2H3,(H,16,17)/t10-,11-,12-/m0/s1. The number of amides is 1. The molecule has 1 aromatic heterocycles. The van der Waals surface area contributed by atoms with Crippen molar-refractivity contribution < 1.29 is 9.53 Å². The van der Waals surface area contributed by atoms with Gasteiger partial charge in [-0.2, -0.15) is 0 Å². The minimum absolute atomic E-state index is 0.0486. The van der Waals surface area contributed by atoms with Gasteiger partial charge in [0.15, 0.2) is 0 Å². The molecule has 3 rings (SSSR count). The normalized spacial score (nSPS) is 29.3. The smallest absolute Gasteiger partial charge is 0.265 e. The van der Waals surface area contributed by atoms with Gasteiger partial charge in [-0.1, -0.05) is 12.8 Å². The average Bonchev–Trinajstić information content (AvgIpc) is 3.05. The number of hydrogen-bond donors (Lipinski definition) is 1. The van der Waals surface area contributed by atoms with Crippen LogP contribution in [0.2, 0.25) is 0 Å². The van der Waals surface area contributed by atoms with Crippen LogP contribution in [0, 0.1) is 18.8 Å². The van der Waals surface area contributed by atoms with E-state index < -0.39 is 0 Å². The molecule has 3 atom stereocenters. The molecule has 0 aromatic carbocycles. The summed E-state index contributed by atoms with van der Waals surface area (Å²) >= 11 is 1.52. The monoisotopic (exact) mass is 279 g/mol. The van der Waals surface area contributed by atoms with Crippen LogP contribution in [0.15, 0.2) is 6.07 Å². The van der Waals surface area contributed by atoms with E-state index in [4.69, 9.17) is 4.74 Å². The van der Waals surface area contributed by atoms with Gasteiger partial charge in [0, 0.05) is 10.9 Å². The highest BCUT2D eigenvalue weighted by atomic mass is 32.1.